The average Bonchev–Trinajstić information content (AvgIpc) is 2.56. The number of pyridine rings is 1. The lowest BCUT2D eigenvalue weighted by Gasteiger charge is -2.36. The van der Waals surface area contributed by atoms with E-state index >= 15 is 0 Å². The molecule has 5 nitrogen and oxygen atoms in total. The number of aromatic nitrogens is 1. The summed E-state index contributed by atoms with van der Waals surface area (Å²) < 4.78 is 0. The Balaban J connectivity index is 0.00000208. The Labute approximate surface area is 148 Å². The normalized spacial score (nSPS) is 17.8. The van der Waals surface area contributed by atoms with Crippen molar-refractivity contribution in [3.63, 3.8) is 0 Å². The predicted molar refractivity (Wildman–Crippen MR) is 98.3 cm³/mol. The van der Waals surface area contributed by atoms with Crippen molar-refractivity contribution < 1.29 is 4.79 Å². The highest BCUT2D eigenvalue weighted by Crippen LogP contribution is 2.24. The SMILES string of the molecule is CC(=O)Nc1cccc(CN2CCNCC2c2cccnc2)c1.Cl. The molecule has 2 heterocycles. The second-order valence-corrected chi connectivity index (χ2v) is 5.86. The van der Waals surface area contributed by atoms with Crippen molar-refractivity contribution in [1.29, 1.82) is 0 Å². The fourth-order valence-electron chi connectivity index (χ4n) is 3.02. The summed E-state index contributed by atoms with van der Waals surface area (Å²) in [5, 5.41) is 6.31. The van der Waals surface area contributed by atoms with E-state index in [2.05, 4.69) is 32.7 Å². The van der Waals surface area contributed by atoms with Crippen molar-refractivity contribution in [3.8, 4) is 0 Å². The Hall–Kier alpha value is -1.95. The third kappa shape index (κ3) is 4.77. The quantitative estimate of drug-likeness (QED) is 0.893. The number of benzene rings is 1. The minimum absolute atomic E-state index is 0. The number of piperazine rings is 1. The summed E-state index contributed by atoms with van der Waals surface area (Å²) in [6, 6.07) is 12.5. The van der Waals surface area contributed by atoms with Crippen molar-refractivity contribution in [3.05, 3.63) is 59.9 Å². The van der Waals surface area contributed by atoms with Crippen LogP contribution in [-0.2, 0) is 11.3 Å². The molecule has 1 unspecified atom stereocenters. The van der Waals surface area contributed by atoms with E-state index in [1.807, 2.05) is 30.5 Å². The Morgan fingerprint density at radius 3 is 3.00 bits per heavy atom. The number of rotatable bonds is 4. The van der Waals surface area contributed by atoms with Gasteiger partial charge in [-0.1, -0.05) is 18.2 Å². The van der Waals surface area contributed by atoms with E-state index in [0.29, 0.717) is 6.04 Å². The van der Waals surface area contributed by atoms with Gasteiger partial charge in [-0.2, -0.15) is 0 Å². The van der Waals surface area contributed by atoms with Crippen LogP contribution in [0.1, 0.15) is 24.1 Å². The summed E-state index contributed by atoms with van der Waals surface area (Å²) in [5.74, 6) is -0.0439. The Morgan fingerprint density at radius 1 is 1.38 bits per heavy atom. The average molecular weight is 347 g/mol. The standard InChI is InChI=1S/C18H22N4O.ClH/c1-14(23)21-17-6-2-4-15(10-17)13-22-9-8-20-12-18(22)16-5-3-7-19-11-16;/h2-7,10-11,18,20H,8-9,12-13H2,1H3,(H,21,23);1H. The van der Waals surface area contributed by atoms with E-state index in [-0.39, 0.29) is 18.3 Å². The van der Waals surface area contributed by atoms with Crippen LogP contribution in [0.5, 0.6) is 0 Å². The number of carbonyl (C=O) groups is 1. The molecule has 3 rings (SSSR count). The van der Waals surface area contributed by atoms with Gasteiger partial charge in [-0.15, -0.1) is 12.4 Å². The molecule has 0 saturated carbocycles. The zero-order valence-electron chi connectivity index (χ0n) is 13.7. The van der Waals surface area contributed by atoms with Gasteiger partial charge in [-0.05, 0) is 29.3 Å². The molecule has 0 radical (unpaired) electrons. The Bertz CT molecular complexity index is 665. The molecule has 1 saturated heterocycles. The third-order valence-electron chi connectivity index (χ3n) is 4.06. The van der Waals surface area contributed by atoms with Gasteiger partial charge in [0.05, 0.1) is 0 Å². The van der Waals surface area contributed by atoms with Crippen LogP contribution >= 0.6 is 12.4 Å². The predicted octanol–water partition coefficient (Wildman–Crippen LogP) is 2.61. The van der Waals surface area contributed by atoms with Gasteiger partial charge in [-0.3, -0.25) is 14.7 Å². The van der Waals surface area contributed by atoms with E-state index < -0.39 is 0 Å². The molecule has 2 aromatic rings. The molecule has 24 heavy (non-hydrogen) atoms. The zero-order valence-corrected chi connectivity index (χ0v) is 14.6. The summed E-state index contributed by atoms with van der Waals surface area (Å²) in [5.41, 5.74) is 3.29. The maximum absolute atomic E-state index is 11.2. The molecule has 6 heteroatoms. The van der Waals surface area contributed by atoms with E-state index in [1.54, 1.807) is 6.20 Å². The minimum atomic E-state index is -0.0439. The van der Waals surface area contributed by atoms with Crippen LogP contribution in [0.15, 0.2) is 48.8 Å². The van der Waals surface area contributed by atoms with Crippen LogP contribution < -0.4 is 10.6 Å². The minimum Gasteiger partial charge on any atom is -0.326 e. The Kier molecular flexibility index (Phi) is 6.73. The van der Waals surface area contributed by atoms with E-state index in [9.17, 15) is 4.79 Å². The van der Waals surface area contributed by atoms with Gasteiger partial charge in [0.1, 0.15) is 0 Å². The number of hydrogen-bond acceptors (Lipinski definition) is 4. The van der Waals surface area contributed by atoms with Crippen LogP contribution in [-0.4, -0.2) is 35.4 Å². The first-order chi connectivity index (χ1) is 11.2. The second-order valence-electron chi connectivity index (χ2n) is 5.86. The topological polar surface area (TPSA) is 57.3 Å². The molecule has 2 N–H and O–H groups in total. The molecule has 0 bridgehead atoms. The molecule has 1 fully saturated rings. The van der Waals surface area contributed by atoms with Crippen molar-refractivity contribution >= 4 is 24.0 Å². The summed E-state index contributed by atoms with van der Waals surface area (Å²) in [6.45, 7) is 5.29. The maximum atomic E-state index is 11.2. The second kappa shape index (κ2) is 8.78. The Morgan fingerprint density at radius 2 is 2.25 bits per heavy atom. The lowest BCUT2D eigenvalue weighted by atomic mass is 10.0. The van der Waals surface area contributed by atoms with Crippen LogP contribution in [0.4, 0.5) is 5.69 Å². The lowest BCUT2D eigenvalue weighted by molar-refractivity contribution is -0.114. The molecule has 1 aromatic carbocycles. The number of hydrogen-bond donors (Lipinski definition) is 2. The number of nitrogens with one attached hydrogen (secondary N) is 2. The number of halogens is 1. The summed E-state index contributed by atoms with van der Waals surface area (Å²) in [4.78, 5) is 17.9. The fraction of sp³-hybridized carbons (Fsp3) is 0.333. The van der Waals surface area contributed by atoms with E-state index in [4.69, 9.17) is 0 Å². The zero-order chi connectivity index (χ0) is 16.1. The highest BCUT2D eigenvalue weighted by molar-refractivity contribution is 5.88. The maximum Gasteiger partial charge on any atom is 0.221 e. The highest BCUT2D eigenvalue weighted by Gasteiger charge is 2.23. The molecule has 1 amide bonds. The highest BCUT2D eigenvalue weighted by atomic mass is 35.5. The summed E-state index contributed by atoms with van der Waals surface area (Å²) in [7, 11) is 0. The lowest BCUT2D eigenvalue weighted by Crippen LogP contribution is -2.45. The molecular weight excluding hydrogens is 324 g/mol. The van der Waals surface area contributed by atoms with Gasteiger partial charge in [0.2, 0.25) is 5.91 Å². The molecular formula is C18H23ClN4O. The van der Waals surface area contributed by atoms with Gasteiger partial charge in [0, 0.05) is 57.2 Å². The van der Waals surface area contributed by atoms with Gasteiger partial charge in [0.15, 0.2) is 0 Å². The third-order valence-corrected chi connectivity index (χ3v) is 4.06. The smallest absolute Gasteiger partial charge is 0.221 e. The molecule has 128 valence electrons. The van der Waals surface area contributed by atoms with Gasteiger partial charge < -0.3 is 10.6 Å². The largest absolute Gasteiger partial charge is 0.326 e. The molecule has 1 aliphatic heterocycles. The number of anilines is 1. The first kappa shape index (κ1) is 18.4. The van der Waals surface area contributed by atoms with Crippen LogP contribution in [0, 0.1) is 0 Å². The monoisotopic (exact) mass is 346 g/mol. The number of nitrogens with zero attached hydrogens (tertiary/aromatic N) is 2. The van der Waals surface area contributed by atoms with Crippen molar-refractivity contribution in [2.75, 3.05) is 25.0 Å². The van der Waals surface area contributed by atoms with Crippen LogP contribution in [0.25, 0.3) is 0 Å². The van der Waals surface area contributed by atoms with Gasteiger partial charge >= 0.3 is 0 Å². The van der Waals surface area contributed by atoms with Crippen molar-refractivity contribution in [1.82, 2.24) is 15.2 Å². The number of amides is 1. The van der Waals surface area contributed by atoms with Crippen molar-refractivity contribution in [2.24, 2.45) is 0 Å². The van der Waals surface area contributed by atoms with E-state index in [0.717, 1.165) is 31.9 Å². The molecule has 1 aromatic heterocycles. The van der Waals surface area contributed by atoms with E-state index in [1.165, 1.54) is 18.1 Å². The summed E-state index contributed by atoms with van der Waals surface area (Å²) >= 11 is 0. The van der Waals surface area contributed by atoms with Crippen LogP contribution in [0.3, 0.4) is 0 Å². The first-order valence-electron chi connectivity index (χ1n) is 7.93. The molecule has 0 aliphatic carbocycles. The van der Waals surface area contributed by atoms with Crippen LogP contribution in [0.2, 0.25) is 0 Å². The molecule has 0 spiro atoms. The fourth-order valence-corrected chi connectivity index (χ4v) is 3.02. The van der Waals surface area contributed by atoms with Crippen molar-refractivity contribution in [2.45, 2.75) is 19.5 Å². The van der Waals surface area contributed by atoms with Gasteiger partial charge in [0.25, 0.3) is 0 Å². The molecule has 1 atom stereocenters. The molecule has 1 aliphatic rings. The first-order valence-corrected chi connectivity index (χ1v) is 7.93. The summed E-state index contributed by atoms with van der Waals surface area (Å²) in [6.07, 6.45) is 3.75. The van der Waals surface area contributed by atoms with Gasteiger partial charge in [-0.25, -0.2) is 0 Å². The number of carbonyl (C=O) groups excluding carboxylic acids is 1.